The lowest BCUT2D eigenvalue weighted by atomic mass is 10.1. The van der Waals surface area contributed by atoms with Crippen LogP contribution in [0.3, 0.4) is 0 Å². The van der Waals surface area contributed by atoms with E-state index in [0.29, 0.717) is 39.5 Å². The number of carboxylic acid groups (broad SMARTS) is 2. The molecular weight excluding hydrogens is 701 g/mol. The van der Waals surface area contributed by atoms with Gasteiger partial charge in [0, 0.05) is 26.2 Å². The maximum absolute atomic E-state index is 11.2. The Hall–Kier alpha value is -1.74. The highest BCUT2D eigenvalue weighted by atomic mass is 16.5. The van der Waals surface area contributed by atoms with Crippen LogP contribution >= 0.6 is 0 Å². The van der Waals surface area contributed by atoms with Crippen molar-refractivity contribution < 1.29 is 29.3 Å². The highest BCUT2D eigenvalue weighted by Gasteiger charge is 2.09. The minimum atomic E-state index is -0.754. The third kappa shape index (κ3) is 45.0. The molecule has 0 amide bonds. The average molecular weight is 793 g/mol. The number of hydrogen-bond donors (Lipinski definition) is 2. The number of carbonyl (C=O) groups is 2. The van der Waals surface area contributed by atoms with Gasteiger partial charge >= 0.3 is 11.9 Å². The van der Waals surface area contributed by atoms with Crippen LogP contribution in [0, 0.1) is 0 Å². The number of rotatable bonds is 47. The van der Waals surface area contributed by atoms with Crippen LogP contribution < -0.4 is 0 Å². The van der Waals surface area contributed by atoms with E-state index in [4.69, 9.17) is 9.47 Å². The van der Waals surface area contributed by atoms with Crippen LogP contribution in [0.4, 0.5) is 0 Å². The van der Waals surface area contributed by atoms with E-state index in [1.54, 1.807) is 0 Å². The molecule has 0 rings (SSSR count). The topological polar surface area (TPSA) is 99.5 Å². The molecule has 0 aromatic heterocycles. The molecule has 0 spiro atoms. The summed E-state index contributed by atoms with van der Waals surface area (Å²) in [5, 5.41) is 18.4. The predicted octanol–water partition coefficient (Wildman–Crippen LogP) is 12.6. The summed E-state index contributed by atoms with van der Waals surface area (Å²) < 4.78 is 11.7. The Labute approximate surface area is 346 Å². The van der Waals surface area contributed by atoms with Crippen molar-refractivity contribution in [1.82, 2.24) is 9.80 Å². The van der Waals surface area contributed by atoms with Crippen molar-refractivity contribution in [2.45, 2.75) is 206 Å². The molecule has 0 aromatic rings. The molecule has 56 heavy (non-hydrogen) atoms. The zero-order valence-electron chi connectivity index (χ0n) is 37.0. The van der Waals surface area contributed by atoms with Gasteiger partial charge in [-0.2, -0.15) is 0 Å². The number of nitrogens with zero attached hydrogens (tertiary/aromatic N) is 2. The number of allylic oxidation sites excluding steroid dienone is 4. The lowest BCUT2D eigenvalue weighted by Gasteiger charge is -2.22. The van der Waals surface area contributed by atoms with Gasteiger partial charge in [0.1, 0.15) is 0 Å². The third-order valence-corrected chi connectivity index (χ3v) is 10.7. The van der Waals surface area contributed by atoms with Crippen molar-refractivity contribution in [3.05, 3.63) is 24.3 Å². The van der Waals surface area contributed by atoms with Crippen LogP contribution in [-0.4, -0.2) is 97.6 Å². The molecule has 0 heterocycles. The van der Waals surface area contributed by atoms with Gasteiger partial charge in [0.15, 0.2) is 0 Å². The summed E-state index contributed by atoms with van der Waals surface area (Å²) in [5.41, 5.74) is 0. The molecule has 0 aliphatic heterocycles. The average Bonchev–Trinajstić information content (AvgIpc) is 3.18. The van der Waals surface area contributed by atoms with E-state index in [1.165, 1.54) is 167 Å². The van der Waals surface area contributed by atoms with Gasteiger partial charge in [-0.25, -0.2) is 0 Å². The van der Waals surface area contributed by atoms with E-state index in [1.807, 2.05) is 0 Å². The van der Waals surface area contributed by atoms with Crippen LogP contribution in [0.2, 0.25) is 0 Å². The molecule has 0 bridgehead atoms. The van der Waals surface area contributed by atoms with Crippen LogP contribution in [0.15, 0.2) is 24.3 Å². The van der Waals surface area contributed by atoms with E-state index in [-0.39, 0.29) is 12.8 Å². The number of carboxylic acids is 2. The van der Waals surface area contributed by atoms with E-state index < -0.39 is 11.9 Å². The molecule has 0 fully saturated rings. The number of ether oxygens (including phenoxy) is 2. The molecular formula is C48H92N2O6. The summed E-state index contributed by atoms with van der Waals surface area (Å²) in [4.78, 5) is 26.8. The van der Waals surface area contributed by atoms with Gasteiger partial charge in [-0.05, 0) is 77.3 Å². The van der Waals surface area contributed by atoms with Gasteiger partial charge < -0.3 is 29.5 Å². The van der Waals surface area contributed by atoms with Crippen LogP contribution in [0.25, 0.3) is 0 Å². The third-order valence-electron chi connectivity index (χ3n) is 10.7. The minimum absolute atomic E-state index is 0.158. The van der Waals surface area contributed by atoms with Gasteiger partial charge in [-0.15, -0.1) is 0 Å². The van der Waals surface area contributed by atoms with Crippen molar-refractivity contribution in [1.29, 1.82) is 0 Å². The van der Waals surface area contributed by atoms with Crippen molar-refractivity contribution in [2.75, 3.05) is 65.7 Å². The fourth-order valence-corrected chi connectivity index (χ4v) is 7.05. The smallest absolute Gasteiger partial charge is 0.304 e. The van der Waals surface area contributed by atoms with Gasteiger partial charge in [0.05, 0.1) is 39.3 Å². The van der Waals surface area contributed by atoms with Crippen molar-refractivity contribution >= 4 is 11.9 Å². The molecule has 0 saturated carbocycles. The fraction of sp³-hybridized carbons (Fsp3) is 0.875. The van der Waals surface area contributed by atoms with E-state index in [9.17, 15) is 19.8 Å². The number of hydrogen-bond acceptors (Lipinski definition) is 6. The lowest BCUT2D eigenvalue weighted by molar-refractivity contribution is -0.138. The van der Waals surface area contributed by atoms with Crippen LogP contribution in [0.1, 0.15) is 206 Å². The Bertz CT molecular complexity index is 812. The number of aliphatic carboxylic acids is 2. The summed E-state index contributed by atoms with van der Waals surface area (Å²) in [6.45, 7) is 11.1. The van der Waals surface area contributed by atoms with E-state index in [2.05, 4.69) is 48.0 Å². The quantitative estimate of drug-likeness (QED) is 0.0464. The molecule has 8 heteroatoms. The Kier molecular flexibility index (Phi) is 44.5. The zero-order chi connectivity index (χ0) is 40.8. The van der Waals surface area contributed by atoms with Crippen molar-refractivity contribution in [3.8, 4) is 0 Å². The molecule has 0 aromatic carbocycles. The normalized spacial score (nSPS) is 12.0. The van der Waals surface area contributed by atoms with E-state index in [0.717, 1.165) is 39.0 Å². The molecule has 8 nitrogen and oxygen atoms in total. The standard InChI is InChI=1S/C48H92N2O6/c1-3-5-7-9-11-13-15-17-19-21-23-25-27-29-31-33-37-49(39-35-47(51)52)41-43-55-45-46-56-44-42-50(40-36-48(53)54)38-34-32-30-28-26-24-22-20-18-16-14-12-10-8-6-4-2/h17-20H,3-16,21-46H2,1-2H3,(H,51,52)(H,53,54)/b19-17-,20-18-. The molecule has 0 radical (unpaired) electrons. The summed E-state index contributed by atoms with van der Waals surface area (Å²) in [6.07, 6.45) is 45.8. The SMILES string of the molecule is CCCCCCCC/C=C\CCCCCCCCN(CCOCCOCCN(CCCCCCCC/C=C\CCCCCCCC)CCC(=O)O)CCC(=O)O. The van der Waals surface area contributed by atoms with E-state index >= 15 is 0 Å². The first-order chi connectivity index (χ1) is 27.5. The van der Waals surface area contributed by atoms with Gasteiger partial charge in [0.25, 0.3) is 0 Å². The largest absolute Gasteiger partial charge is 0.481 e. The van der Waals surface area contributed by atoms with Crippen molar-refractivity contribution in [3.63, 3.8) is 0 Å². The summed E-state index contributed by atoms with van der Waals surface area (Å²) in [5.74, 6) is -1.51. The lowest BCUT2D eigenvalue weighted by Crippen LogP contribution is -2.32. The highest BCUT2D eigenvalue weighted by Crippen LogP contribution is 2.12. The number of unbranched alkanes of at least 4 members (excludes halogenated alkanes) is 24. The minimum Gasteiger partial charge on any atom is -0.481 e. The second-order valence-corrected chi connectivity index (χ2v) is 16.1. The van der Waals surface area contributed by atoms with Gasteiger partial charge in [-0.3, -0.25) is 9.59 Å². The Morgan fingerprint density at radius 2 is 0.661 bits per heavy atom. The summed E-state index contributed by atoms with van der Waals surface area (Å²) >= 11 is 0. The monoisotopic (exact) mass is 793 g/mol. The van der Waals surface area contributed by atoms with Crippen molar-refractivity contribution in [2.24, 2.45) is 0 Å². The van der Waals surface area contributed by atoms with Gasteiger partial charge in [0.2, 0.25) is 0 Å². The van der Waals surface area contributed by atoms with Crippen LogP contribution in [-0.2, 0) is 19.1 Å². The second kappa shape index (κ2) is 46.0. The predicted molar refractivity (Wildman–Crippen MR) is 238 cm³/mol. The maximum Gasteiger partial charge on any atom is 0.304 e. The highest BCUT2D eigenvalue weighted by molar-refractivity contribution is 5.67. The first-order valence-corrected chi connectivity index (χ1v) is 23.8. The Morgan fingerprint density at radius 1 is 0.375 bits per heavy atom. The molecule has 0 unspecified atom stereocenters. The molecule has 0 aliphatic rings. The molecule has 0 saturated heterocycles. The fourth-order valence-electron chi connectivity index (χ4n) is 7.05. The first kappa shape index (κ1) is 54.3. The summed E-state index contributed by atoms with van der Waals surface area (Å²) in [6, 6.07) is 0. The molecule has 2 N–H and O–H groups in total. The molecule has 330 valence electrons. The Balaban J connectivity index is 3.94. The maximum atomic E-state index is 11.2. The molecule has 0 atom stereocenters. The van der Waals surface area contributed by atoms with Gasteiger partial charge in [-0.1, -0.05) is 154 Å². The Morgan fingerprint density at radius 3 is 0.964 bits per heavy atom. The zero-order valence-corrected chi connectivity index (χ0v) is 37.0. The summed E-state index contributed by atoms with van der Waals surface area (Å²) in [7, 11) is 0. The van der Waals surface area contributed by atoms with Crippen LogP contribution in [0.5, 0.6) is 0 Å². The molecule has 0 aliphatic carbocycles. The first-order valence-electron chi connectivity index (χ1n) is 23.8. The second-order valence-electron chi connectivity index (χ2n) is 16.1.